The van der Waals surface area contributed by atoms with Crippen molar-refractivity contribution >= 4 is 39.9 Å². The van der Waals surface area contributed by atoms with E-state index in [-0.39, 0.29) is 18.2 Å². The van der Waals surface area contributed by atoms with Gasteiger partial charge in [-0.3, -0.25) is 10.1 Å². The highest BCUT2D eigenvalue weighted by Gasteiger charge is 2.18. The zero-order chi connectivity index (χ0) is 14.5. The highest BCUT2D eigenvalue weighted by atomic mass is 32.1. The third-order valence-corrected chi connectivity index (χ3v) is 3.83. The average Bonchev–Trinajstić information content (AvgIpc) is 3.07. The fourth-order valence-corrected chi connectivity index (χ4v) is 2.72. The molecule has 2 aromatic rings. The summed E-state index contributed by atoms with van der Waals surface area (Å²) in [6.07, 6.45) is 0.630. The SMILES string of the molecule is CCOC(=O)c1csc(NC(=O)c2snnc2CC)n1. The number of thiazole rings is 1. The molecule has 0 aliphatic rings. The number of carbonyl (C=O) groups excluding carboxylic acids is 2. The summed E-state index contributed by atoms with van der Waals surface area (Å²) in [4.78, 5) is 28.0. The Kier molecular flexibility index (Phi) is 4.74. The van der Waals surface area contributed by atoms with E-state index in [9.17, 15) is 9.59 Å². The van der Waals surface area contributed by atoms with Crippen LogP contribution in [0.1, 0.15) is 39.7 Å². The topological polar surface area (TPSA) is 94.1 Å². The molecule has 0 aliphatic heterocycles. The summed E-state index contributed by atoms with van der Waals surface area (Å²) < 4.78 is 8.58. The van der Waals surface area contributed by atoms with Crippen LogP contribution in [0, 0.1) is 0 Å². The minimum absolute atomic E-state index is 0.185. The predicted molar refractivity (Wildman–Crippen MR) is 75.3 cm³/mol. The monoisotopic (exact) mass is 312 g/mol. The van der Waals surface area contributed by atoms with E-state index in [2.05, 4.69) is 19.9 Å². The van der Waals surface area contributed by atoms with E-state index in [4.69, 9.17) is 4.74 Å². The van der Waals surface area contributed by atoms with Crippen LogP contribution in [0.15, 0.2) is 5.38 Å². The highest BCUT2D eigenvalue weighted by molar-refractivity contribution is 7.14. The zero-order valence-corrected chi connectivity index (χ0v) is 12.5. The van der Waals surface area contributed by atoms with E-state index in [1.807, 2.05) is 6.92 Å². The Hall–Kier alpha value is -1.87. The summed E-state index contributed by atoms with van der Waals surface area (Å²) in [5.41, 5.74) is 0.833. The Morgan fingerprint density at radius 3 is 2.90 bits per heavy atom. The number of anilines is 1. The lowest BCUT2D eigenvalue weighted by Gasteiger charge is -1.99. The number of amides is 1. The van der Waals surface area contributed by atoms with Crippen LogP contribution >= 0.6 is 22.9 Å². The predicted octanol–water partition coefficient (Wildman–Crippen LogP) is 1.99. The van der Waals surface area contributed by atoms with E-state index in [1.54, 1.807) is 12.3 Å². The second-order valence-electron chi connectivity index (χ2n) is 3.61. The fourth-order valence-electron chi connectivity index (χ4n) is 1.40. The number of ether oxygens (including phenoxy) is 1. The van der Waals surface area contributed by atoms with Crippen molar-refractivity contribution < 1.29 is 14.3 Å². The molecule has 1 N–H and O–H groups in total. The van der Waals surface area contributed by atoms with Gasteiger partial charge in [0.1, 0.15) is 4.88 Å². The van der Waals surface area contributed by atoms with Gasteiger partial charge in [-0.15, -0.1) is 16.4 Å². The molecule has 0 saturated carbocycles. The van der Waals surface area contributed by atoms with Gasteiger partial charge in [0.2, 0.25) is 0 Å². The van der Waals surface area contributed by atoms with E-state index in [0.29, 0.717) is 22.1 Å². The lowest BCUT2D eigenvalue weighted by atomic mass is 10.3. The largest absolute Gasteiger partial charge is 0.461 e. The number of rotatable bonds is 5. The van der Waals surface area contributed by atoms with Crippen molar-refractivity contribution in [3.8, 4) is 0 Å². The molecular weight excluding hydrogens is 300 g/mol. The van der Waals surface area contributed by atoms with Crippen LogP contribution in [0.5, 0.6) is 0 Å². The number of hydrogen-bond donors (Lipinski definition) is 1. The van der Waals surface area contributed by atoms with Crippen molar-refractivity contribution in [3.05, 3.63) is 21.6 Å². The molecule has 0 unspecified atom stereocenters. The molecule has 7 nitrogen and oxygen atoms in total. The number of nitrogens with zero attached hydrogens (tertiary/aromatic N) is 3. The Bertz CT molecular complexity index is 623. The third kappa shape index (κ3) is 3.17. The van der Waals surface area contributed by atoms with Gasteiger partial charge in [-0.1, -0.05) is 11.4 Å². The number of aryl methyl sites for hydroxylation is 1. The quantitative estimate of drug-likeness (QED) is 0.848. The van der Waals surface area contributed by atoms with E-state index in [0.717, 1.165) is 22.9 Å². The summed E-state index contributed by atoms with van der Waals surface area (Å²) in [6, 6.07) is 0. The zero-order valence-electron chi connectivity index (χ0n) is 10.9. The first kappa shape index (κ1) is 14.5. The number of esters is 1. The van der Waals surface area contributed by atoms with E-state index in [1.165, 1.54) is 0 Å². The van der Waals surface area contributed by atoms with Gasteiger partial charge in [-0.05, 0) is 24.9 Å². The summed E-state index contributed by atoms with van der Waals surface area (Å²) in [6.45, 7) is 3.90. The molecule has 106 valence electrons. The molecule has 0 atom stereocenters. The maximum Gasteiger partial charge on any atom is 0.357 e. The molecule has 2 aromatic heterocycles. The second-order valence-corrected chi connectivity index (χ2v) is 5.23. The van der Waals surface area contributed by atoms with Crippen molar-refractivity contribution in [2.75, 3.05) is 11.9 Å². The smallest absolute Gasteiger partial charge is 0.357 e. The van der Waals surface area contributed by atoms with Crippen LogP contribution in [0.4, 0.5) is 5.13 Å². The van der Waals surface area contributed by atoms with Gasteiger partial charge in [0, 0.05) is 5.38 Å². The fraction of sp³-hybridized carbons (Fsp3) is 0.364. The van der Waals surface area contributed by atoms with Crippen LogP contribution in [-0.2, 0) is 11.2 Å². The normalized spacial score (nSPS) is 10.3. The molecule has 9 heteroatoms. The number of nitrogens with one attached hydrogen (secondary N) is 1. The van der Waals surface area contributed by atoms with Crippen LogP contribution in [0.2, 0.25) is 0 Å². The molecule has 0 fully saturated rings. The van der Waals surface area contributed by atoms with Crippen LogP contribution in [0.25, 0.3) is 0 Å². The number of carbonyl (C=O) groups is 2. The number of hydrogen-bond acceptors (Lipinski definition) is 8. The first-order valence-corrected chi connectivity index (χ1v) is 7.56. The minimum atomic E-state index is -0.502. The molecule has 0 aliphatic carbocycles. The van der Waals surface area contributed by atoms with Gasteiger partial charge in [0.05, 0.1) is 12.3 Å². The lowest BCUT2D eigenvalue weighted by Crippen LogP contribution is -2.12. The van der Waals surface area contributed by atoms with Crippen LogP contribution < -0.4 is 5.32 Å². The van der Waals surface area contributed by atoms with Gasteiger partial charge >= 0.3 is 5.97 Å². The molecule has 20 heavy (non-hydrogen) atoms. The average molecular weight is 312 g/mol. The standard InChI is InChI=1S/C11H12N4O3S2/c1-3-6-8(20-15-14-6)9(16)13-11-12-7(5-19-11)10(17)18-4-2/h5H,3-4H2,1-2H3,(H,12,13,16). The Labute approximate surface area is 123 Å². The maximum atomic E-state index is 12.0. The Morgan fingerprint density at radius 1 is 1.40 bits per heavy atom. The Balaban J connectivity index is 2.07. The Morgan fingerprint density at radius 2 is 2.20 bits per heavy atom. The lowest BCUT2D eigenvalue weighted by molar-refractivity contribution is 0.0520. The van der Waals surface area contributed by atoms with Crippen molar-refractivity contribution in [2.45, 2.75) is 20.3 Å². The van der Waals surface area contributed by atoms with Gasteiger partial charge in [-0.25, -0.2) is 9.78 Å². The van der Waals surface area contributed by atoms with Crippen molar-refractivity contribution in [1.82, 2.24) is 14.6 Å². The molecule has 0 radical (unpaired) electrons. The van der Waals surface area contributed by atoms with Gasteiger partial charge in [0.15, 0.2) is 10.8 Å². The highest BCUT2D eigenvalue weighted by Crippen LogP contribution is 2.19. The van der Waals surface area contributed by atoms with Crippen molar-refractivity contribution in [1.29, 1.82) is 0 Å². The van der Waals surface area contributed by atoms with Crippen LogP contribution in [-0.4, -0.2) is 33.1 Å². The summed E-state index contributed by atoms with van der Waals surface area (Å²) in [7, 11) is 0. The third-order valence-electron chi connectivity index (χ3n) is 2.31. The minimum Gasteiger partial charge on any atom is -0.461 e. The number of aromatic nitrogens is 3. The van der Waals surface area contributed by atoms with Crippen molar-refractivity contribution in [2.24, 2.45) is 0 Å². The molecule has 0 spiro atoms. The maximum absolute atomic E-state index is 12.0. The molecule has 2 heterocycles. The molecule has 2 rings (SSSR count). The van der Waals surface area contributed by atoms with Gasteiger partial charge < -0.3 is 4.74 Å². The molecule has 0 bridgehead atoms. The molecule has 1 amide bonds. The molecular formula is C11H12N4O3S2. The van der Waals surface area contributed by atoms with E-state index < -0.39 is 5.97 Å². The first-order valence-electron chi connectivity index (χ1n) is 5.90. The summed E-state index contributed by atoms with van der Waals surface area (Å²) in [5, 5.41) is 8.38. The van der Waals surface area contributed by atoms with Crippen molar-refractivity contribution in [3.63, 3.8) is 0 Å². The van der Waals surface area contributed by atoms with Gasteiger partial charge in [0.25, 0.3) is 5.91 Å². The van der Waals surface area contributed by atoms with Crippen LogP contribution in [0.3, 0.4) is 0 Å². The molecule has 0 saturated heterocycles. The second kappa shape index (κ2) is 6.53. The van der Waals surface area contributed by atoms with Gasteiger partial charge in [-0.2, -0.15) is 0 Å². The summed E-state index contributed by atoms with van der Waals surface area (Å²) >= 11 is 2.20. The summed E-state index contributed by atoms with van der Waals surface area (Å²) in [5.74, 6) is -0.820. The molecule has 0 aromatic carbocycles. The first-order chi connectivity index (χ1) is 9.65. The van der Waals surface area contributed by atoms with E-state index >= 15 is 0 Å².